The predicted octanol–water partition coefficient (Wildman–Crippen LogP) is -1.48. The number of carbonyl (C=O) groups excluding carboxylic acids is 3. The van der Waals surface area contributed by atoms with Gasteiger partial charge in [0.15, 0.2) is 0 Å². The molecule has 0 aromatic heterocycles. The number of rotatable bonds is 12. The van der Waals surface area contributed by atoms with Gasteiger partial charge in [0, 0.05) is 12.2 Å². The highest BCUT2D eigenvalue weighted by Crippen LogP contribution is 2.06. The lowest BCUT2D eigenvalue weighted by Gasteiger charge is -2.24. The van der Waals surface area contributed by atoms with Crippen molar-refractivity contribution in [1.29, 1.82) is 0 Å². The molecule has 0 spiro atoms. The van der Waals surface area contributed by atoms with Crippen LogP contribution in [-0.2, 0) is 30.4 Å². The summed E-state index contributed by atoms with van der Waals surface area (Å²) in [6.45, 7) is 1.36. The zero-order valence-corrected chi connectivity index (χ0v) is 17.7. The quantitative estimate of drug-likeness (QED) is 0.186. The molecule has 3 amide bonds. The lowest BCUT2D eigenvalue weighted by molar-refractivity contribution is -0.142. The molecule has 0 bridgehead atoms. The molecule has 0 aliphatic rings. The lowest BCUT2D eigenvalue weighted by Crippen LogP contribution is -2.58. The molecule has 1 aromatic rings. The van der Waals surface area contributed by atoms with E-state index in [0.717, 1.165) is 0 Å². The van der Waals surface area contributed by atoms with Crippen LogP contribution in [0, 0.1) is 0 Å². The highest BCUT2D eigenvalue weighted by molar-refractivity contribution is 7.80. The Morgan fingerprint density at radius 3 is 1.90 bits per heavy atom. The average Bonchev–Trinajstić information content (AvgIpc) is 2.70. The van der Waals surface area contributed by atoms with E-state index in [1.807, 2.05) is 0 Å². The first-order chi connectivity index (χ1) is 14.5. The van der Waals surface area contributed by atoms with Crippen LogP contribution in [0.25, 0.3) is 0 Å². The molecule has 11 nitrogen and oxygen atoms in total. The van der Waals surface area contributed by atoms with Crippen molar-refractivity contribution in [2.45, 2.75) is 43.9 Å². The molecule has 0 saturated carbocycles. The van der Waals surface area contributed by atoms with E-state index in [2.05, 4.69) is 28.6 Å². The van der Waals surface area contributed by atoms with Crippen LogP contribution in [0.15, 0.2) is 30.3 Å². The van der Waals surface area contributed by atoms with Crippen molar-refractivity contribution in [1.82, 2.24) is 16.0 Å². The molecule has 0 aliphatic heterocycles. The maximum absolute atomic E-state index is 12.7. The first-order valence-electron chi connectivity index (χ1n) is 9.31. The lowest BCUT2D eigenvalue weighted by atomic mass is 10.0. The summed E-state index contributed by atoms with van der Waals surface area (Å²) in [7, 11) is 0. The number of nitrogens with one attached hydrogen (secondary N) is 3. The fourth-order valence-corrected chi connectivity index (χ4v) is 2.72. The van der Waals surface area contributed by atoms with E-state index >= 15 is 0 Å². The first kappa shape index (κ1) is 25.9. The second-order valence-corrected chi connectivity index (χ2v) is 7.15. The summed E-state index contributed by atoms with van der Waals surface area (Å²) >= 11 is 3.89. The van der Waals surface area contributed by atoms with Gasteiger partial charge in [0.05, 0.1) is 12.5 Å². The fraction of sp³-hybridized carbons (Fsp3) is 0.421. The maximum atomic E-state index is 12.7. The molecular weight excluding hydrogens is 428 g/mol. The van der Waals surface area contributed by atoms with Crippen LogP contribution < -0.4 is 21.7 Å². The van der Waals surface area contributed by atoms with Crippen molar-refractivity contribution in [3.63, 3.8) is 0 Å². The van der Waals surface area contributed by atoms with Crippen LogP contribution in [0.1, 0.15) is 18.9 Å². The first-order valence-corrected chi connectivity index (χ1v) is 9.94. The summed E-state index contributed by atoms with van der Waals surface area (Å²) in [6.07, 6.45) is -0.739. The largest absolute Gasteiger partial charge is 0.481 e. The minimum absolute atomic E-state index is 0.00163. The van der Waals surface area contributed by atoms with E-state index in [1.165, 1.54) is 6.92 Å². The molecule has 12 heteroatoms. The topological polar surface area (TPSA) is 188 Å². The zero-order chi connectivity index (χ0) is 23.6. The highest BCUT2D eigenvalue weighted by atomic mass is 32.1. The zero-order valence-electron chi connectivity index (χ0n) is 16.8. The summed E-state index contributed by atoms with van der Waals surface area (Å²) in [6, 6.07) is 3.59. The molecule has 1 aromatic carbocycles. The van der Waals surface area contributed by atoms with Crippen LogP contribution in [-0.4, -0.2) is 69.8 Å². The Labute approximate surface area is 184 Å². The molecule has 0 radical (unpaired) electrons. The monoisotopic (exact) mass is 454 g/mol. The summed E-state index contributed by atoms with van der Waals surface area (Å²) in [4.78, 5) is 59.6. The van der Waals surface area contributed by atoms with Gasteiger partial charge in [-0.2, -0.15) is 12.6 Å². The molecule has 0 heterocycles. The molecule has 31 heavy (non-hydrogen) atoms. The Bertz CT molecular complexity index is 804. The van der Waals surface area contributed by atoms with E-state index in [1.54, 1.807) is 30.3 Å². The standard InChI is InChI=1S/C19H26N4O7S/c1-10(20)16(26)21-13(8-15(24)25)18(28)22-12(7-11-5-3-2-4-6-11)17(27)23-14(9-31)19(29)30/h2-6,10,12-14,31H,7-9,20H2,1H3,(H,21,26)(H,22,28)(H,23,27)(H,24,25)(H,29,30). The van der Waals surface area contributed by atoms with Crippen molar-refractivity contribution in [2.75, 3.05) is 5.75 Å². The minimum atomic E-state index is -1.48. The molecule has 7 N–H and O–H groups in total. The van der Waals surface area contributed by atoms with Gasteiger partial charge in [0.1, 0.15) is 18.1 Å². The molecule has 4 unspecified atom stereocenters. The second-order valence-electron chi connectivity index (χ2n) is 6.78. The Morgan fingerprint density at radius 2 is 1.42 bits per heavy atom. The maximum Gasteiger partial charge on any atom is 0.327 e. The smallest absolute Gasteiger partial charge is 0.327 e. The average molecular weight is 455 g/mol. The van der Waals surface area contributed by atoms with Crippen molar-refractivity contribution < 1.29 is 34.2 Å². The van der Waals surface area contributed by atoms with Gasteiger partial charge < -0.3 is 31.9 Å². The van der Waals surface area contributed by atoms with Gasteiger partial charge >= 0.3 is 11.9 Å². The Hall–Kier alpha value is -3.12. The molecule has 1 rings (SSSR count). The van der Waals surface area contributed by atoms with E-state index in [9.17, 15) is 24.0 Å². The van der Waals surface area contributed by atoms with Gasteiger partial charge in [-0.3, -0.25) is 19.2 Å². The normalized spacial score (nSPS) is 14.4. The number of carbonyl (C=O) groups is 5. The number of carboxylic acids is 2. The predicted molar refractivity (Wildman–Crippen MR) is 113 cm³/mol. The third-order valence-electron chi connectivity index (χ3n) is 4.14. The van der Waals surface area contributed by atoms with Crippen LogP contribution in [0.4, 0.5) is 0 Å². The number of carboxylic acid groups (broad SMARTS) is 2. The number of aliphatic carboxylic acids is 2. The Kier molecular flexibility index (Phi) is 10.5. The summed E-state index contributed by atoms with van der Waals surface area (Å²) < 4.78 is 0. The summed E-state index contributed by atoms with van der Waals surface area (Å²) in [5.41, 5.74) is 6.11. The molecule has 0 fully saturated rings. The van der Waals surface area contributed by atoms with Gasteiger partial charge in [-0.1, -0.05) is 30.3 Å². The highest BCUT2D eigenvalue weighted by Gasteiger charge is 2.30. The van der Waals surface area contributed by atoms with Crippen molar-refractivity contribution in [3.05, 3.63) is 35.9 Å². The fourth-order valence-electron chi connectivity index (χ4n) is 2.48. The number of nitrogens with two attached hydrogens (primary N) is 1. The van der Waals surface area contributed by atoms with Gasteiger partial charge in [0.25, 0.3) is 0 Å². The second kappa shape index (κ2) is 12.5. The van der Waals surface area contributed by atoms with Crippen LogP contribution >= 0.6 is 12.6 Å². The minimum Gasteiger partial charge on any atom is -0.481 e. The molecule has 4 atom stereocenters. The molecule has 0 saturated heterocycles. The van der Waals surface area contributed by atoms with Crippen molar-refractivity contribution in [2.24, 2.45) is 5.73 Å². The summed E-state index contributed by atoms with van der Waals surface area (Å²) in [5.74, 6) is -5.31. The number of benzene rings is 1. The number of hydrogen-bond acceptors (Lipinski definition) is 7. The van der Waals surface area contributed by atoms with E-state index in [0.29, 0.717) is 5.56 Å². The van der Waals surface area contributed by atoms with Crippen molar-refractivity contribution >= 4 is 42.3 Å². The molecule has 170 valence electrons. The SMILES string of the molecule is CC(N)C(=O)NC(CC(=O)O)C(=O)NC(Cc1ccccc1)C(=O)NC(CS)C(=O)O. The van der Waals surface area contributed by atoms with Gasteiger partial charge in [-0.05, 0) is 12.5 Å². The number of amides is 3. The van der Waals surface area contributed by atoms with Crippen LogP contribution in [0.2, 0.25) is 0 Å². The van der Waals surface area contributed by atoms with E-state index in [-0.39, 0.29) is 12.2 Å². The van der Waals surface area contributed by atoms with Gasteiger partial charge in [0.2, 0.25) is 17.7 Å². The third kappa shape index (κ3) is 9.05. The van der Waals surface area contributed by atoms with Crippen LogP contribution in [0.5, 0.6) is 0 Å². The van der Waals surface area contributed by atoms with E-state index < -0.39 is 60.2 Å². The molecular formula is C19H26N4O7S. The van der Waals surface area contributed by atoms with Gasteiger partial charge in [-0.15, -0.1) is 0 Å². The number of thiol groups is 1. The van der Waals surface area contributed by atoms with Gasteiger partial charge in [-0.25, -0.2) is 4.79 Å². The third-order valence-corrected chi connectivity index (χ3v) is 4.50. The molecule has 0 aliphatic carbocycles. The van der Waals surface area contributed by atoms with Crippen LogP contribution in [0.3, 0.4) is 0 Å². The van der Waals surface area contributed by atoms with E-state index in [4.69, 9.17) is 15.9 Å². The summed E-state index contributed by atoms with van der Waals surface area (Å²) in [5, 5.41) is 25.1. The Balaban J connectivity index is 3.07. The number of hydrogen-bond donors (Lipinski definition) is 7. The van der Waals surface area contributed by atoms with Crippen molar-refractivity contribution in [3.8, 4) is 0 Å². The Morgan fingerprint density at radius 1 is 0.903 bits per heavy atom.